The molecule has 6 heteroatoms. The summed E-state index contributed by atoms with van der Waals surface area (Å²) >= 11 is 6.23. The molecule has 0 unspecified atom stereocenters. The lowest BCUT2D eigenvalue weighted by Gasteiger charge is -2.08. The molecule has 106 valence electrons. The number of halogens is 2. The Bertz CT molecular complexity index is 635. The number of carbonyl (C=O) groups excluding carboxylic acids is 1. The lowest BCUT2D eigenvalue weighted by atomic mass is 10.2. The maximum Gasteiger partial charge on any atom is 0.256 e. The molecule has 1 N–H and O–H groups in total. The minimum atomic E-state index is -0.341. The van der Waals surface area contributed by atoms with Crippen molar-refractivity contribution in [1.82, 2.24) is 15.1 Å². The van der Waals surface area contributed by atoms with E-state index in [1.54, 1.807) is 19.1 Å². The van der Waals surface area contributed by atoms with Gasteiger partial charge in [-0.25, -0.2) is 9.07 Å². The third kappa shape index (κ3) is 2.82. The smallest absolute Gasteiger partial charge is 0.256 e. The average Bonchev–Trinajstić information content (AvgIpc) is 2.65. The number of benzene rings is 1. The van der Waals surface area contributed by atoms with Gasteiger partial charge in [0.1, 0.15) is 11.0 Å². The van der Waals surface area contributed by atoms with E-state index in [0.717, 1.165) is 0 Å². The highest BCUT2D eigenvalue weighted by Gasteiger charge is 2.21. The fourth-order valence-corrected chi connectivity index (χ4v) is 2.20. The van der Waals surface area contributed by atoms with Gasteiger partial charge in [0.15, 0.2) is 0 Å². The summed E-state index contributed by atoms with van der Waals surface area (Å²) in [6.07, 6.45) is 0. The SMILES string of the molecule is Cc1nn(-c2ccc(F)cc2)c(Cl)c1C(=O)NC(C)C. The zero-order chi connectivity index (χ0) is 14.9. The standard InChI is InChI=1S/C14H15ClFN3O/c1-8(2)17-14(20)12-9(3)18-19(13(12)15)11-6-4-10(16)5-7-11/h4-8H,1-3H3,(H,17,20). The minimum Gasteiger partial charge on any atom is -0.350 e. The predicted molar refractivity (Wildman–Crippen MR) is 75.9 cm³/mol. The summed E-state index contributed by atoms with van der Waals surface area (Å²) in [5.41, 5.74) is 1.46. The van der Waals surface area contributed by atoms with Crippen LogP contribution in [0.5, 0.6) is 0 Å². The zero-order valence-electron chi connectivity index (χ0n) is 11.4. The van der Waals surface area contributed by atoms with E-state index in [-0.39, 0.29) is 22.9 Å². The number of hydrogen-bond donors (Lipinski definition) is 1. The second-order valence-electron chi connectivity index (χ2n) is 4.77. The van der Waals surface area contributed by atoms with Crippen LogP contribution in [-0.2, 0) is 0 Å². The van der Waals surface area contributed by atoms with Gasteiger partial charge in [0.25, 0.3) is 5.91 Å². The van der Waals surface area contributed by atoms with E-state index in [0.29, 0.717) is 16.9 Å². The van der Waals surface area contributed by atoms with Gasteiger partial charge >= 0.3 is 0 Å². The van der Waals surface area contributed by atoms with Gasteiger partial charge in [-0.3, -0.25) is 4.79 Å². The Labute approximate surface area is 121 Å². The Balaban J connectivity index is 2.43. The zero-order valence-corrected chi connectivity index (χ0v) is 12.2. The Morgan fingerprint density at radius 1 is 1.35 bits per heavy atom. The van der Waals surface area contributed by atoms with Crippen LogP contribution in [0, 0.1) is 12.7 Å². The van der Waals surface area contributed by atoms with E-state index in [1.165, 1.54) is 16.8 Å². The summed E-state index contributed by atoms with van der Waals surface area (Å²) in [7, 11) is 0. The van der Waals surface area contributed by atoms with E-state index in [9.17, 15) is 9.18 Å². The summed E-state index contributed by atoms with van der Waals surface area (Å²) in [5, 5.41) is 7.23. The summed E-state index contributed by atoms with van der Waals surface area (Å²) in [5.74, 6) is -0.609. The lowest BCUT2D eigenvalue weighted by molar-refractivity contribution is 0.0942. The van der Waals surface area contributed by atoms with Crippen LogP contribution in [0.25, 0.3) is 5.69 Å². The molecule has 0 spiro atoms. The second-order valence-corrected chi connectivity index (χ2v) is 5.13. The van der Waals surface area contributed by atoms with Crippen LogP contribution in [0.15, 0.2) is 24.3 Å². The highest BCUT2D eigenvalue weighted by molar-refractivity contribution is 6.33. The van der Waals surface area contributed by atoms with Crippen molar-refractivity contribution >= 4 is 17.5 Å². The normalized spacial score (nSPS) is 10.9. The molecule has 0 aliphatic heterocycles. The number of carbonyl (C=O) groups is 1. The summed E-state index contributed by atoms with van der Waals surface area (Å²) in [4.78, 5) is 12.1. The molecule has 1 aromatic carbocycles. The van der Waals surface area contributed by atoms with E-state index >= 15 is 0 Å². The molecule has 0 saturated heterocycles. The van der Waals surface area contributed by atoms with Crippen molar-refractivity contribution in [3.63, 3.8) is 0 Å². The Kier molecular flexibility index (Phi) is 4.09. The van der Waals surface area contributed by atoms with Gasteiger partial charge in [0.05, 0.1) is 16.9 Å². The van der Waals surface area contributed by atoms with Gasteiger partial charge in [0.2, 0.25) is 0 Å². The highest BCUT2D eigenvalue weighted by Crippen LogP contribution is 2.23. The van der Waals surface area contributed by atoms with Crippen LogP contribution in [0.1, 0.15) is 29.9 Å². The first-order chi connectivity index (χ1) is 9.40. The van der Waals surface area contributed by atoms with Gasteiger partial charge in [-0.05, 0) is 45.0 Å². The molecule has 2 rings (SSSR count). The topological polar surface area (TPSA) is 46.9 Å². The van der Waals surface area contributed by atoms with Gasteiger partial charge in [-0.15, -0.1) is 0 Å². The van der Waals surface area contributed by atoms with Crippen LogP contribution in [0.3, 0.4) is 0 Å². The summed E-state index contributed by atoms with van der Waals surface area (Å²) < 4.78 is 14.4. The number of aryl methyl sites for hydroxylation is 1. The quantitative estimate of drug-likeness (QED) is 0.946. The molecule has 1 aromatic heterocycles. The molecule has 0 radical (unpaired) electrons. The van der Waals surface area contributed by atoms with Crippen molar-refractivity contribution in [3.8, 4) is 5.69 Å². The van der Waals surface area contributed by atoms with Crippen LogP contribution in [0.4, 0.5) is 4.39 Å². The third-order valence-electron chi connectivity index (χ3n) is 2.72. The van der Waals surface area contributed by atoms with Crippen LogP contribution < -0.4 is 5.32 Å². The Morgan fingerprint density at radius 3 is 2.50 bits per heavy atom. The number of rotatable bonds is 3. The van der Waals surface area contributed by atoms with E-state index in [4.69, 9.17) is 11.6 Å². The first kappa shape index (κ1) is 14.5. The lowest BCUT2D eigenvalue weighted by Crippen LogP contribution is -2.30. The van der Waals surface area contributed by atoms with E-state index in [1.807, 2.05) is 13.8 Å². The Hall–Kier alpha value is -1.88. The molecular formula is C14H15ClFN3O. The van der Waals surface area contributed by atoms with E-state index < -0.39 is 0 Å². The molecule has 2 aromatic rings. The summed E-state index contributed by atoms with van der Waals surface area (Å²) in [6, 6.07) is 5.75. The minimum absolute atomic E-state index is 0.00661. The summed E-state index contributed by atoms with van der Waals surface area (Å²) in [6.45, 7) is 5.44. The molecule has 0 aliphatic carbocycles. The molecule has 1 heterocycles. The molecule has 0 atom stereocenters. The third-order valence-corrected chi connectivity index (χ3v) is 3.07. The van der Waals surface area contributed by atoms with Crippen LogP contribution in [0.2, 0.25) is 5.15 Å². The van der Waals surface area contributed by atoms with Crippen molar-refractivity contribution in [3.05, 3.63) is 46.5 Å². The van der Waals surface area contributed by atoms with Gasteiger partial charge in [0, 0.05) is 6.04 Å². The first-order valence-corrected chi connectivity index (χ1v) is 6.60. The van der Waals surface area contributed by atoms with Crippen molar-refractivity contribution < 1.29 is 9.18 Å². The van der Waals surface area contributed by atoms with Gasteiger partial charge in [-0.1, -0.05) is 11.6 Å². The molecule has 0 bridgehead atoms. The van der Waals surface area contributed by atoms with Crippen molar-refractivity contribution in [1.29, 1.82) is 0 Å². The van der Waals surface area contributed by atoms with Gasteiger partial charge < -0.3 is 5.32 Å². The highest BCUT2D eigenvalue weighted by atomic mass is 35.5. The molecule has 0 aliphatic rings. The van der Waals surface area contributed by atoms with Crippen LogP contribution >= 0.6 is 11.6 Å². The fraction of sp³-hybridized carbons (Fsp3) is 0.286. The largest absolute Gasteiger partial charge is 0.350 e. The van der Waals surface area contributed by atoms with Crippen molar-refractivity contribution in [2.45, 2.75) is 26.8 Å². The van der Waals surface area contributed by atoms with E-state index in [2.05, 4.69) is 10.4 Å². The van der Waals surface area contributed by atoms with Crippen molar-refractivity contribution in [2.24, 2.45) is 0 Å². The van der Waals surface area contributed by atoms with Crippen molar-refractivity contribution in [2.75, 3.05) is 0 Å². The first-order valence-electron chi connectivity index (χ1n) is 6.22. The number of aromatic nitrogens is 2. The fourth-order valence-electron chi connectivity index (χ4n) is 1.84. The predicted octanol–water partition coefficient (Wildman–Crippen LogP) is 3.11. The molecular weight excluding hydrogens is 281 g/mol. The van der Waals surface area contributed by atoms with Gasteiger partial charge in [-0.2, -0.15) is 5.10 Å². The molecule has 0 fully saturated rings. The number of hydrogen-bond acceptors (Lipinski definition) is 2. The average molecular weight is 296 g/mol. The monoisotopic (exact) mass is 295 g/mol. The van der Waals surface area contributed by atoms with Crippen LogP contribution in [-0.4, -0.2) is 21.7 Å². The number of amides is 1. The number of nitrogens with zero attached hydrogens (tertiary/aromatic N) is 2. The maximum atomic E-state index is 12.9. The molecule has 0 saturated carbocycles. The Morgan fingerprint density at radius 2 is 1.95 bits per heavy atom. The second kappa shape index (κ2) is 5.63. The molecule has 4 nitrogen and oxygen atoms in total. The maximum absolute atomic E-state index is 12.9. The number of nitrogens with one attached hydrogen (secondary N) is 1. The molecule has 20 heavy (non-hydrogen) atoms. The molecule has 1 amide bonds.